The van der Waals surface area contributed by atoms with Crippen molar-refractivity contribution in [3.8, 4) is 0 Å². The molecule has 7 heteroatoms. The minimum absolute atomic E-state index is 0.0289. The second kappa shape index (κ2) is 6.30. The number of hydrogen-bond acceptors (Lipinski definition) is 5. The quantitative estimate of drug-likeness (QED) is 0.858. The van der Waals surface area contributed by atoms with E-state index in [1.807, 2.05) is 4.90 Å². The van der Waals surface area contributed by atoms with Gasteiger partial charge in [-0.1, -0.05) is 0 Å². The van der Waals surface area contributed by atoms with Crippen LogP contribution in [0.2, 0.25) is 0 Å². The normalized spacial score (nSPS) is 20.2. The molecule has 1 aliphatic heterocycles. The summed E-state index contributed by atoms with van der Waals surface area (Å²) in [6, 6.07) is 1.76. The minimum atomic E-state index is -0.421. The van der Waals surface area contributed by atoms with Crippen molar-refractivity contribution >= 4 is 5.82 Å². The first kappa shape index (κ1) is 15.2. The smallest absolute Gasteiger partial charge is 0.267 e. The van der Waals surface area contributed by atoms with E-state index in [9.17, 15) is 9.18 Å². The molecule has 1 saturated heterocycles. The first-order valence-electron chi connectivity index (χ1n) is 8.54. The molecule has 0 radical (unpaired) electrons. The van der Waals surface area contributed by atoms with Crippen LogP contribution >= 0.6 is 0 Å². The van der Waals surface area contributed by atoms with Gasteiger partial charge in [0.05, 0.1) is 24.5 Å². The zero-order valence-electron chi connectivity index (χ0n) is 13.5. The summed E-state index contributed by atoms with van der Waals surface area (Å²) >= 11 is 0. The average molecular weight is 329 g/mol. The Bertz CT molecular complexity index is 806. The molecule has 2 aliphatic rings. The van der Waals surface area contributed by atoms with Gasteiger partial charge in [-0.2, -0.15) is 5.10 Å². The third-order valence-corrected chi connectivity index (χ3v) is 4.95. The van der Waals surface area contributed by atoms with Crippen molar-refractivity contribution in [3.63, 3.8) is 0 Å². The Labute approximate surface area is 139 Å². The van der Waals surface area contributed by atoms with Crippen molar-refractivity contribution in [1.82, 2.24) is 19.7 Å². The Morgan fingerprint density at radius 1 is 1.25 bits per heavy atom. The van der Waals surface area contributed by atoms with E-state index in [4.69, 9.17) is 0 Å². The van der Waals surface area contributed by atoms with Gasteiger partial charge < -0.3 is 4.90 Å². The van der Waals surface area contributed by atoms with E-state index in [1.54, 1.807) is 10.7 Å². The Morgan fingerprint density at radius 2 is 2.12 bits per heavy atom. The largest absolute Gasteiger partial charge is 0.349 e. The molecule has 126 valence electrons. The maximum atomic E-state index is 14.0. The number of hydrogen-bond donors (Lipinski definition) is 0. The van der Waals surface area contributed by atoms with Gasteiger partial charge in [0.1, 0.15) is 6.33 Å². The highest BCUT2D eigenvalue weighted by atomic mass is 19.1. The SMILES string of the molecule is O=c1cc2c(nn1CC1CCCN1c1ncncc1F)CCCC2. The van der Waals surface area contributed by atoms with Crippen LogP contribution in [0.3, 0.4) is 0 Å². The van der Waals surface area contributed by atoms with Crippen LogP contribution in [-0.4, -0.2) is 32.3 Å². The number of halogens is 1. The Balaban J connectivity index is 1.61. The molecule has 0 amide bonds. The molecule has 1 aliphatic carbocycles. The summed E-state index contributed by atoms with van der Waals surface area (Å²) in [5.74, 6) is -0.103. The average Bonchev–Trinajstić information content (AvgIpc) is 3.04. The summed E-state index contributed by atoms with van der Waals surface area (Å²) in [4.78, 5) is 22.1. The fourth-order valence-corrected chi connectivity index (χ4v) is 3.75. The maximum absolute atomic E-state index is 14.0. The number of aryl methyl sites for hydroxylation is 2. The number of fused-ring (bicyclic) bond motifs is 1. The number of nitrogens with zero attached hydrogens (tertiary/aromatic N) is 5. The summed E-state index contributed by atoms with van der Waals surface area (Å²) in [5.41, 5.74) is 2.07. The fourth-order valence-electron chi connectivity index (χ4n) is 3.75. The lowest BCUT2D eigenvalue weighted by atomic mass is 9.97. The first-order chi connectivity index (χ1) is 11.7. The molecule has 1 atom stereocenters. The highest BCUT2D eigenvalue weighted by Crippen LogP contribution is 2.26. The van der Waals surface area contributed by atoms with Crippen LogP contribution in [0.15, 0.2) is 23.4 Å². The molecule has 1 unspecified atom stereocenters. The molecule has 0 saturated carbocycles. The minimum Gasteiger partial charge on any atom is -0.349 e. The number of aromatic nitrogens is 4. The molecule has 0 N–H and O–H groups in total. The van der Waals surface area contributed by atoms with Crippen LogP contribution in [0.4, 0.5) is 10.2 Å². The van der Waals surface area contributed by atoms with E-state index >= 15 is 0 Å². The van der Waals surface area contributed by atoms with Gasteiger partial charge in [-0.3, -0.25) is 4.79 Å². The molecular weight excluding hydrogens is 309 g/mol. The predicted molar refractivity (Wildman–Crippen MR) is 87.5 cm³/mol. The second-order valence-electron chi connectivity index (χ2n) is 6.53. The van der Waals surface area contributed by atoms with Gasteiger partial charge in [-0.15, -0.1) is 0 Å². The fraction of sp³-hybridized carbons (Fsp3) is 0.529. The van der Waals surface area contributed by atoms with Crippen LogP contribution in [-0.2, 0) is 19.4 Å². The van der Waals surface area contributed by atoms with E-state index in [-0.39, 0.29) is 11.6 Å². The molecule has 24 heavy (non-hydrogen) atoms. The predicted octanol–water partition coefficient (Wildman–Crippen LogP) is 1.72. The van der Waals surface area contributed by atoms with Crippen LogP contribution < -0.4 is 10.5 Å². The van der Waals surface area contributed by atoms with Crippen LogP contribution in [0.1, 0.15) is 36.9 Å². The Morgan fingerprint density at radius 3 is 3.00 bits per heavy atom. The molecule has 3 heterocycles. The monoisotopic (exact) mass is 329 g/mol. The standard InChI is InChI=1S/C17H20FN5O/c18-14-9-19-11-20-17(14)22-7-3-5-13(22)10-23-16(24)8-12-4-1-2-6-15(12)21-23/h8-9,11,13H,1-7,10H2. The molecule has 4 rings (SSSR count). The van der Waals surface area contributed by atoms with Crippen molar-refractivity contribution in [1.29, 1.82) is 0 Å². The lowest BCUT2D eigenvalue weighted by Crippen LogP contribution is -2.38. The summed E-state index contributed by atoms with van der Waals surface area (Å²) in [6.07, 6.45) is 8.52. The van der Waals surface area contributed by atoms with Crippen molar-refractivity contribution in [3.05, 3.63) is 46.0 Å². The van der Waals surface area contributed by atoms with Crippen molar-refractivity contribution in [2.45, 2.75) is 51.1 Å². The molecule has 0 spiro atoms. The molecule has 2 aromatic rings. The maximum Gasteiger partial charge on any atom is 0.267 e. The molecule has 6 nitrogen and oxygen atoms in total. The summed E-state index contributed by atoms with van der Waals surface area (Å²) < 4.78 is 15.6. The van der Waals surface area contributed by atoms with Gasteiger partial charge in [0.25, 0.3) is 5.56 Å². The van der Waals surface area contributed by atoms with Crippen LogP contribution in [0.25, 0.3) is 0 Å². The zero-order chi connectivity index (χ0) is 16.5. The summed E-state index contributed by atoms with van der Waals surface area (Å²) in [6.45, 7) is 1.20. The number of rotatable bonds is 3. The Hall–Kier alpha value is -2.31. The lowest BCUT2D eigenvalue weighted by molar-refractivity contribution is 0.468. The van der Waals surface area contributed by atoms with E-state index in [0.29, 0.717) is 12.4 Å². The summed E-state index contributed by atoms with van der Waals surface area (Å²) in [7, 11) is 0. The lowest BCUT2D eigenvalue weighted by Gasteiger charge is -2.26. The summed E-state index contributed by atoms with van der Waals surface area (Å²) in [5, 5.41) is 4.58. The van der Waals surface area contributed by atoms with Crippen LogP contribution in [0.5, 0.6) is 0 Å². The number of anilines is 1. The molecule has 1 fully saturated rings. The van der Waals surface area contributed by atoms with Crippen LogP contribution in [0, 0.1) is 5.82 Å². The van der Waals surface area contributed by atoms with Crippen molar-refractivity contribution in [2.75, 3.05) is 11.4 Å². The van der Waals surface area contributed by atoms with Crippen molar-refractivity contribution in [2.24, 2.45) is 0 Å². The van der Waals surface area contributed by atoms with E-state index in [2.05, 4.69) is 15.1 Å². The van der Waals surface area contributed by atoms with Gasteiger partial charge in [-0.25, -0.2) is 19.0 Å². The third-order valence-electron chi connectivity index (χ3n) is 4.95. The molecule has 0 aromatic carbocycles. The van der Waals surface area contributed by atoms with E-state index in [1.165, 1.54) is 12.5 Å². The van der Waals surface area contributed by atoms with Gasteiger partial charge >= 0.3 is 0 Å². The van der Waals surface area contributed by atoms with Gasteiger partial charge in [0, 0.05) is 12.6 Å². The molecule has 0 bridgehead atoms. The van der Waals surface area contributed by atoms with E-state index < -0.39 is 5.82 Å². The molecular formula is C17H20FN5O. The molecule has 2 aromatic heterocycles. The van der Waals surface area contributed by atoms with Gasteiger partial charge in [0.2, 0.25) is 0 Å². The highest BCUT2D eigenvalue weighted by Gasteiger charge is 2.29. The van der Waals surface area contributed by atoms with Crippen molar-refractivity contribution < 1.29 is 4.39 Å². The van der Waals surface area contributed by atoms with Gasteiger partial charge in [-0.05, 0) is 44.1 Å². The van der Waals surface area contributed by atoms with E-state index in [0.717, 1.165) is 56.3 Å². The Kier molecular flexibility index (Phi) is 4.00. The third kappa shape index (κ3) is 2.79. The van der Waals surface area contributed by atoms with Gasteiger partial charge in [0.15, 0.2) is 11.6 Å². The highest BCUT2D eigenvalue weighted by molar-refractivity contribution is 5.41. The second-order valence-corrected chi connectivity index (χ2v) is 6.53. The topological polar surface area (TPSA) is 63.9 Å². The zero-order valence-corrected chi connectivity index (χ0v) is 13.5. The first-order valence-corrected chi connectivity index (χ1v) is 8.54.